The SMILES string of the molecule is CCCCCCCCCCCCCC=CC(O)C(COC1OC(CO)C(OC2OC(CO)C(OC3OC(CO)C(O)C(O)C3O)C(O)C2O)C(O)C1O)NC(=O)CCCCCCCCCCCCCCCCCCCCCCCC. The zero-order chi connectivity index (χ0) is 58.3. The van der Waals surface area contributed by atoms with E-state index in [1.165, 1.54) is 167 Å². The molecule has 0 bridgehead atoms. The molecule has 1 amide bonds. The number of carbonyl (C=O) groups is 1. The van der Waals surface area contributed by atoms with Crippen LogP contribution in [0.3, 0.4) is 0 Å². The lowest BCUT2D eigenvalue weighted by atomic mass is 9.96. The van der Waals surface area contributed by atoms with Crippen molar-refractivity contribution in [3.05, 3.63) is 12.2 Å². The predicted octanol–water partition coefficient (Wildman–Crippen LogP) is 6.55. The number of rotatable bonds is 48. The van der Waals surface area contributed by atoms with Gasteiger partial charge in [-0.3, -0.25) is 4.79 Å². The molecular formula is C61H115NO18. The van der Waals surface area contributed by atoms with E-state index in [-0.39, 0.29) is 18.9 Å². The van der Waals surface area contributed by atoms with E-state index in [4.69, 9.17) is 28.4 Å². The monoisotopic (exact) mass is 1150 g/mol. The highest BCUT2D eigenvalue weighted by atomic mass is 16.8. The van der Waals surface area contributed by atoms with Crippen LogP contribution in [0.1, 0.15) is 239 Å². The average Bonchev–Trinajstić information content (AvgIpc) is 3.47. The molecule has 3 heterocycles. The van der Waals surface area contributed by atoms with Crippen molar-refractivity contribution < 1.29 is 89.4 Å². The van der Waals surface area contributed by atoms with Crippen LogP contribution in [0.4, 0.5) is 0 Å². The van der Waals surface area contributed by atoms with Crippen LogP contribution in [-0.4, -0.2) is 193 Å². The van der Waals surface area contributed by atoms with Crippen LogP contribution < -0.4 is 5.32 Å². The van der Waals surface area contributed by atoms with Crippen LogP contribution in [-0.2, 0) is 33.2 Å². The number of unbranched alkanes of at least 4 members (excludes halogenated alkanes) is 32. The second kappa shape index (κ2) is 44.9. The fraction of sp³-hybridized carbons (Fsp3) is 0.951. The molecule has 0 radical (unpaired) electrons. The minimum atomic E-state index is -1.97. The molecule has 0 aliphatic carbocycles. The number of allylic oxidation sites excluding steroid dienone is 1. The summed E-state index contributed by atoms with van der Waals surface area (Å²) in [7, 11) is 0. The van der Waals surface area contributed by atoms with E-state index < -0.39 is 124 Å². The van der Waals surface area contributed by atoms with E-state index in [1.54, 1.807) is 6.08 Å². The Bertz CT molecular complexity index is 1510. The van der Waals surface area contributed by atoms with Crippen molar-refractivity contribution in [3.8, 4) is 0 Å². The molecule has 3 fully saturated rings. The van der Waals surface area contributed by atoms with Crippen molar-refractivity contribution in [2.75, 3.05) is 26.4 Å². The van der Waals surface area contributed by atoms with Gasteiger partial charge in [0.05, 0.1) is 38.6 Å². The first-order chi connectivity index (χ1) is 38.8. The Hall–Kier alpha value is -1.47. The fourth-order valence-corrected chi connectivity index (χ4v) is 11.1. The molecule has 19 nitrogen and oxygen atoms in total. The largest absolute Gasteiger partial charge is 0.394 e. The molecule has 0 spiro atoms. The molecule has 19 heteroatoms. The Kier molecular flexibility index (Phi) is 40.9. The van der Waals surface area contributed by atoms with Gasteiger partial charge in [-0.2, -0.15) is 0 Å². The standard InChI is InChI=1S/C61H115NO18/c1-3-5-7-9-11-13-15-17-18-19-20-21-22-23-24-25-27-29-31-33-35-37-39-49(67)62-44(45(66)38-36-34-32-30-28-26-16-14-12-10-8-6-4-2)43-75-59-55(73)52(70)57(47(41-64)77-59)80-61-56(74)53(71)58(48(42-65)78-61)79-60-54(72)51(69)50(68)46(40-63)76-60/h36,38,44-48,50-61,63-66,68-74H,3-35,37,39-43H2,1-2H3,(H,62,67). The van der Waals surface area contributed by atoms with Crippen LogP contribution >= 0.6 is 0 Å². The van der Waals surface area contributed by atoms with Gasteiger partial charge in [0.1, 0.15) is 73.2 Å². The first-order valence-corrected chi connectivity index (χ1v) is 31.9. The first kappa shape index (κ1) is 72.8. The lowest BCUT2D eigenvalue weighted by Crippen LogP contribution is -2.66. The molecular weight excluding hydrogens is 1030 g/mol. The number of ether oxygens (including phenoxy) is 6. The number of hydrogen-bond acceptors (Lipinski definition) is 18. The molecule has 0 aromatic rings. The van der Waals surface area contributed by atoms with Gasteiger partial charge < -0.3 is 89.9 Å². The number of aliphatic hydroxyl groups excluding tert-OH is 11. The summed E-state index contributed by atoms with van der Waals surface area (Å²) in [6, 6.07) is -0.967. The van der Waals surface area contributed by atoms with E-state index in [9.17, 15) is 61.0 Å². The van der Waals surface area contributed by atoms with E-state index in [0.717, 1.165) is 44.9 Å². The number of carbonyl (C=O) groups excluding carboxylic acids is 1. The maximum Gasteiger partial charge on any atom is 0.220 e. The third kappa shape index (κ3) is 28.2. The Labute approximate surface area is 480 Å². The van der Waals surface area contributed by atoms with Gasteiger partial charge in [0.25, 0.3) is 0 Å². The maximum atomic E-state index is 13.3. The Morgan fingerprint density at radius 1 is 0.438 bits per heavy atom. The molecule has 17 atom stereocenters. The van der Waals surface area contributed by atoms with Gasteiger partial charge in [0.2, 0.25) is 5.91 Å². The fourth-order valence-electron chi connectivity index (χ4n) is 11.1. The molecule has 472 valence electrons. The zero-order valence-electron chi connectivity index (χ0n) is 49.3. The summed E-state index contributed by atoms with van der Waals surface area (Å²) >= 11 is 0. The molecule has 0 aromatic carbocycles. The van der Waals surface area contributed by atoms with Crippen molar-refractivity contribution in [2.45, 2.75) is 343 Å². The van der Waals surface area contributed by atoms with Crippen LogP contribution in [0.5, 0.6) is 0 Å². The van der Waals surface area contributed by atoms with Crippen molar-refractivity contribution in [1.29, 1.82) is 0 Å². The minimum Gasteiger partial charge on any atom is -0.394 e. The topological polar surface area (TPSA) is 307 Å². The van der Waals surface area contributed by atoms with E-state index in [2.05, 4.69) is 19.2 Å². The van der Waals surface area contributed by atoms with Gasteiger partial charge in [0, 0.05) is 6.42 Å². The second-order valence-corrected chi connectivity index (χ2v) is 23.2. The molecule has 17 unspecified atom stereocenters. The average molecular weight is 1150 g/mol. The summed E-state index contributed by atoms with van der Waals surface area (Å²) in [4.78, 5) is 13.3. The van der Waals surface area contributed by atoms with Crippen LogP contribution in [0.15, 0.2) is 12.2 Å². The number of amides is 1. The summed E-state index contributed by atoms with van der Waals surface area (Å²) in [6.07, 6.45) is 19.1. The zero-order valence-corrected chi connectivity index (χ0v) is 49.3. The highest BCUT2D eigenvalue weighted by Crippen LogP contribution is 2.33. The second-order valence-electron chi connectivity index (χ2n) is 23.2. The summed E-state index contributed by atoms with van der Waals surface area (Å²) in [5, 5.41) is 120. The van der Waals surface area contributed by atoms with Crippen molar-refractivity contribution >= 4 is 5.91 Å². The lowest BCUT2D eigenvalue weighted by Gasteiger charge is -2.48. The molecule has 0 saturated carbocycles. The van der Waals surface area contributed by atoms with E-state index in [1.807, 2.05) is 6.08 Å². The summed E-state index contributed by atoms with van der Waals surface area (Å²) in [5.74, 6) is -0.272. The van der Waals surface area contributed by atoms with Gasteiger partial charge in [-0.15, -0.1) is 0 Å². The molecule has 3 aliphatic heterocycles. The third-order valence-corrected chi connectivity index (χ3v) is 16.3. The Morgan fingerprint density at radius 2 is 0.775 bits per heavy atom. The van der Waals surface area contributed by atoms with Crippen LogP contribution in [0.25, 0.3) is 0 Å². The van der Waals surface area contributed by atoms with Gasteiger partial charge >= 0.3 is 0 Å². The quantitative estimate of drug-likeness (QED) is 0.0227. The third-order valence-electron chi connectivity index (χ3n) is 16.3. The molecule has 3 rings (SSSR count). The van der Waals surface area contributed by atoms with E-state index >= 15 is 0 Å². The summed E-state index contributed by atoms with van der Waals surface area (Å²) in [6.45, 7) is 1.74. The highest BCUT2D eigenvalue weighted by Gasteiger charge is 2.53. The van der Waals surface area contributed by atoms with Crippen molar-refractivity contribution in [1.82, 2.24) is 5.32 Å². The van der Waals surface area contributed by atoms with Crippen molar-refractivity contribution in [2.24, 2.45) is 0 Å². The summed E-state index contributed by atoms with van der Waals surface area (Å²) in [5.41, 5.74) is 0. The van der Waals surface area contributed by atoms with Gasteiger partial charge in [-0.25, -0.2) is 0 Å². The minimum absolute atomic E-state index is 0.249. The number of nitrogens with one attached hydrogen (secondary N) is 1. The molecule has 12 N–H and O–H groups in total. The molecule has 3 saturated heterocycles. The molecule has 80 heavy (non-hydrogen) atoms. The number of hydrogen-bond donors (Lipinski definition) is 12. The van der Waals surface area contributed by atoms with Crippen LogP contribution in [0.2, 0.25) is 0 Å². The molecule has 0 aromatic heterocycles. The normalized spacial score (nSPS) is 30.0. The summed E-state index contributed by atoms with van der Waals surface area (Å²) < 4.78 is 34.3. The maximum absolute atomic E-state index is 13.3. The molecule has 3 aliphatic rings. The highest BCUT2D eigenvalue weighted by molar-refractivity contribution is 5.76. The van der Waals surface area contributed by atoms with Gasteiger partial charge in [-0.05, 0) is 19.3 Å². The Balaban J connectivity index is 1.45. The Morgan fingerprint density at radius 3 is 1.18 bits per heavy atom. The number of aliphatic hydroxyl groups is 11. The van der Waals surface area contributed by atoms with Gasteiger partial charge in [0.15, 0.2) is 18.9 Å². The smallest absolute Gasteiger partial charge is 0.220 e. The van der Waals surface area contributed by atoms with Gasteiger partial charge in [-0.1, -0.05) is 225 Å². The predicted molar refractivity (Wildman–Crippen MR) is 305 cm³/mol. The lowest BCUT2D eigenvalue weighted by molar-refractivity contribution is -0.379. The van der Waals surface area contributed by atoms with Crippen LogP contribution in [0, 0.1) is 0 Å². The first-order valence-electron chi connectivity index (χ1n) is 31.9. The van der Waals surface area contributed by atoms with E-state index in [0.29, 0.717) is 6.42 Å². The van der Waals surface area contributed by atoms with Crippen molar-refractivity contribution in [3.63, 3.8) is 0 Å².